The maximum Gasteiger partial charge on any atom is 0.291 e. The Labute approximate surface area is 203 Å². The van der Waals surface area contributed by atoms with Gasteiger partial charge in [0.2, 0.25) is 5.76 Å². The van der Waals surface area contributed by atoms with E-state index in [9.17, 15) is 9.59 Å². The molecule has 1 aliphatic heterocycles. The first-order valence-corrected chi connectivity index (χ1v) is 12.4. The van der Waals surface area contributed by atoms with Gasteiger partial charge in [-0.05, 0) is 59.8 Å². The van der Waals surface area contributed by atoms with Crippen molar-refractivity contribution in [3.8, 4) is 5.75 Å². The SMILES string of the molecule is COc1ccc(CN2C(=O)c3oc4ccc(Br)cc4c(=O)c3C2c2ccc(SC)cc2)cc1. The van der Waals surface area contributed by atoms with Gasteiger partial charge in [-0.3, -0.25) is 9.59 Å². The summed E-state index contributed by atoms with van der Waals surface area (Å²) in [6.45, 7) is 0.335. The highest BCUT2D eigenvalue weighted by atomic mass is 79.9. The highest BCUT2D eigenvalue weighted by Gasteiger charge is 2.42. The van der Waals surface area contributed by atoms with Gasteiger partial charge in [0, 0.05) is 15.9 Å². The molecule has 2 heterocycles. The van der Waals surface area contributed by atoms with E-state index in [4.69, 9.17) is 9.15 Å². The number of carbonyl (C=O) groups excluding carboxylic acids is 1. The zero-order chi connectivity index (χ0) is 23.1. The maximum absolute atomic E-state index is 13.6. The van der Waals surface area contributed by atoms with Gasteiger partial charge in [-0.25, -0.2) is 0 Å². The van der Waals surface area contributed by atoms with Crippen molar-refractivity contribution in [3.63, 3.8) is 0 Å². The molecule has 0 bridgehead atoms. The first kappa shape index (κ1) is 21.8. The van der Waals surface area contributed by atoms with E-state index in [1.54, 1.807) is 42.0 Å². The van der Waals surface area contributed by atoms with Gasteiger partial charge in [-0.1, -0.05) is 40.2 Å². The van der Waals surface area contributed by atoms with E-state index in [0.717, 1.165) is 26.2 Å². The number of fused-ring (bicyclic) bond motifs is 2. The molecule has 0 radical (unpaired) electrons. The molecule has 0 N–H and O–H groups in total. The van der Waals surface area contributed by atoms with Gasteiger partial charge in [0.1, 0.15) is 11.3 Å². The van der Waals surface area contributed by atoms with Gasteiger partial charge in [0.15, 0.2) is 5.43 Å². The summed E-state index contributed by atoms with van der Waals surface area (Å²) >= 11 is 5.07. The van der Waals surface area contributed by atoms with Crippen LogP contribution < -0.4 is 10.2 Å². The van der Waals surface area contributed by atoms with Crippen LogP contribution in [-0.4, -0.2) is 24.2 Å². The second kappa shape index (κ2) is 8.72. The summed E-state index contributed by atoms with van der Waals surface area (Å²) in [5.74, 6) is 0.566. The first-order valence-electron chi connectivity index (χ1n) is 10.3. The molecule has 0 saturated carbocycles. The number of hydrogen-bond donors (Lipinski definition) is 0. The van der Waals surface area contributed by atoms with E-state index in [0.29, 0.717) is 23.1 Å². The minimum absolute atomic E-state index is 0.113. The molecular weight excluding hydrogens is 502 g/mol. The fraction of sp³-hybridized carbons (Fsp3) is 0.154. The third kappa shape index (κ3) is 3.85. The minimum Gasteiger partial charge on any atom is -0.497 e. The number of rotatable bonds is 5. The van der Waals surface area contributed by atoms with Crippen LogP contribution in [0.25, 0.3) is 11.0 Å². The molecule has 3 aromatic carbocycles. The van der Waals surface area contributed by atoms with Crippen LogP contribution >= 0.6 is 27.7 Å². The number of halogens is 1. The summed E-state index contributed by atoms with van der Waals surface area (Å²) in [6, 6.07) is 20.2. The fourth-order valence-electron chi connectivity index (χ4n) is 4.22. The zero-order valence-corrected chi connectivity index (χ0v) is 20.4. The monoisotopic (exact) mass is 521 g/mol. The summed E-state index contributed by atoms with van der Waals surface area (Å²) in [7, 11) is 1.62. The Hall–Kier alpha value is -3.03. The Bertz CT molecular complexity index is 1410. The molecule has 166 valence electrons. The topological polar surface area (TPSA) is 59.8 Å². The Morgan fingerprint density at radius 2 is 1.76 bits per heavy atom. The highest BCUT2D eigenvalue weighted by molar-refractivity contribution is 9.10. The molecule has 1 amide bonds. The molecule has 0 fully saturated rings. The van der Waals surface area contributed by atoms with Gasteiger partial charge in [0.05, 0.1) is 24.1 Å². The molecule has 1 aromatic heterocycles. The van der Waals surface area contributed by atoms with E-state index in [1.807, 2.05) is 54.8 Å². The normalized spacial score (nSPS) is 15.2. The van der Waals surface area contributed by atoms with Crippen molar-refractivity contribution >= 4 is 44.6 Å². The molecule has 1 unspecified atom stereocenters. The Balaban J connectivity index is 1.67. The van der Waals surface area contributed by atoms with Crippen LogP contribution in [0.3, 0.4) is 0 Å². The van der Waals surface area contributed by atoms with Gasteiger partial charge in [-0.2, -0.15) is 0 Å². The standard InChI is InChI=1S/C26H20BrNO4S/c1-31-18-8-3-15(4-9-18)14-28-23(16-5-10-19(33-2)11-6-16)22-24(29)20-13-17(27)7-12-21(20)32-25(22)26(28)30/h3-13,23H,14H2,1-2H3. The number of benzene rings is 3. The van der Waals surface area contributed by atoms with E-state index < -0.39 is 6.04 Å². The Morgan fingerprint density at radius 3 is 2.42 bits per heavy atom. The van der Waals surface area contributed by atoms with Crippen LogP contribution in [0.2, 0.25) is 0 Å². The Morgan fingerprint density at radius 1 is 1.03 bits per heavy atom. The molecule has 7 heteroatoms. The molecule has 1 atom stereocenters. The summed E-state index contributed by atoms with van der Waals surface area (Å²) in [5, 5.41) is 0.452. The number of hydrogen-bond acceptors (Lipinski definition) is 5. The molecule has 5 rings (SSSR count). The van der Waals surface area contributed by atoms with Crippen molar-refractivity contribution in [2.24, 2.45) is 0 Å². The predicted molar refractivity (Wildman–Crippen MR) is 133 cm³/mol. The lowest BCUT2D eigenvalue weighted by molar-refractivity contribution is 0.0714. The summed E-state index contributed by atoms with van der Waals surface area (Å²) in [4.78, 5) is 30.0. The third-order valence-corrected chi connectivity index (χ3v) is 7.11. The number of thioether (sulfide) groups is 1. The average molecular weight is 522 g/mol. The van der Waals surface area contributed by atoms with Crippen molar-refractivity contribution in [2.75, 3.05) is 13.4 Å². The molecule has 5 nitrogen and oxygen atoms in total. The van der Waals surface area contributed by atoms with E-state index in [2.05, 4.69) is 15.9 Å². The van der Waals surface area contributed by atoms with Crippen LogP contribution in [0.5, 0.6) is 5.75 Å². The lowest BCUT2D eigenvalue weighted by atomic mass is 9.98. The summed E-state index contributed by atoms with van der Waals surface area (Å²) in [6.07, 6.45) is 2.01. The zero-order valence-electron chi connectivity index (χ0n) is 18.0. The smallest absolute Gasteiger partial charge is 0.291 e. The quantitative estimate of drug-likeness (QED) is 0.300. The lowest BCUT2D eigenvalue weighted by Gasteiger charge is -2.25. The van der Waals surface area contributed by atoms with E-state index in [-0.39, 0.29) is 17.1 Å². The summed E-state index contributed by atoms with van der Waals surface area (Å²) < 4.78 is 12.0. The van der Waals surface area contributed by atoms with Crippen molar-refractivity contribution in [1.29, 1.82) is 0 Å². The van der Waals surface area contributed by atoms with Crippen LogP contribution in [0.15, 0.2) is 85.3 Å². The molecule has 1 aliphatic rings. The van der Waals surface area contributed by atoms with Gasteiger partial charge < -0.3 is 14.1 Å². The second-order valence-corrected chi connectivity index (χ2v) is 9.57. The number of amides is 1. The molecular formula is C26H20BrNO4S. The van der Waals surface area contributed by atoms with Crippen LogP contribution in [0.1, 0.15) is 33.3 Å². The average Bonchev–Trinajstić information content (AvgIpc) is 3.12. The van der Waals surface area contributed by atoms with Crippen molar-refractivity contribution in [1.82, 2.24) is 4.90 Å². The fourth-order valence-corrected chi connectivity index (χ4v) is 4.99. The predicted octanol–water partition coefficient (Wildman–Crippen LogP) is 6.03. The largest absolute Gasteiger partial charge is 0.497 e. The van der Waals surface area contributed by atoms with E-state index in [1.165, 1.54) is 0 Å². The van der Waals surface area contributed by atoms with Crippen LogP contribution in [0.4, 0.5) is 0 Å². The number of methoxy groups -OCH3 is 1. The molecule has 0 saturated heterocycles. The first-order chi connectivity index (χ1) is 16.0. The highest BCUT2D eigenvalue weighted by Crippen LogP contribution is 2.39. The van der Waals surface area contributed by atoms with Gasteiger partial charge in [0.25, 0.3) is 5.91 Å². The van der Waals surface area contributed by atoms with Crippen molar-refractivity contribution < 1.29 is 13.9 Å². The maximum atomic E-state index is 13.6. The molecule has 0 aliphatic carbocycles. The summed E-state index contributed by atoms with van der Waals surface area (Å²) in [5.41, 5.74) is 2.41. The van der Waals surface area contributed by atoms with Crippen molar-refractivity contribution in [2.45, 2.75) is 17.5 Å². The van der Waals surface area contributed by atoms with Gasteiger partial charge in [-0.15, -0.1) is 11.8 Å². The minimum atomic E-state index is -0.537. The second-order valence-electron chi connectivity index (χ2n) is 7.77. The van der Waals surface area contributed by atoms with Crippen molar-refractivity contribution in [3.05, 3.63) is 104 Å². The lowest BCUT2D eigenvalue weighted by Crippen LogP contribution is -2.29. The number of ether oxygens (including phenoxy) is 1. The number of nitrogens with zero attached hydrogens (tertiary/aromatic N) is 1. The molecule has 0 spiro atoms. The van der Waals surface area contributed by atoms with E-state index >= 15 is 0 Å². The van der Waals surface area contributed by atoms with Crippen LogP contribution in [0, 0.1) is 0 Å². The third-order valence-electron chi connectivity index (χ3n) is 5.87. The van der Waals surface area contributed by atoms with Crippen LogP contribution in [-0.2, 0) is 6.54 Å². The molecule has 33 heavy (non-hydrogen) atoms. The number of carbonyl (C=O) groups is 1. The Kier molecular flexibility index (Phi) is 5.76. The molecule has 4 aromatic rings. The van der Waals surface area contributed by atoms with Gasteiger partial charge >= 0.3 is 0 Å².